The maximum atomic E-state index is 12.7. The SMILES string of the molecule is COCC(=O)N1CCC(C(=O)N2CC[C@@H]2c2cccs2)CC1. The highest BCUT2D eigenvalue weighted by atomic mass is 32.1. The summed E-state index contributed by atoms with van der Waals surface area (Å²) in [4.78, 5) is 29.6. The van der Waals surface area contributed by atoms with Crippen molar-refractivity contribution in [1.29, 1.82) is 0 Å². The molecule has 0 aromatic carbocycles. The topological polar surface area (TPSA) is 49.9 Å². The van der Waals surface area contributed by atoms with Gasteiger partial charge in [-0.3, -0.25) is 9.59 Å². The van der Waals surface area contributed by atoms with Crippen LogP contribution >= 0.6 is 11.3 Å². The summed E-state index contributed by atoms with van der Waals surface area (Å²) in [5.41, 5.74) is 0. The van der Waals surface area contributed by atoms with Crippen LogP contribution in [-0.2, 0) is 14.3 Å². The maximum Gasteiger partial charge on any atom is 0.248 e. The molecule has 0 bridgehead atoms. The molecule has 120 valence electrons. The third kappa shape index (κ3) is 3.03. The van der Waals surface area contributed by atoms with Crippen molar-refractivity contribution in [2.75, 3.05) is 33.4 Å². The maximum absolute atomic E-state index is 12.7. The molecule has 2 amide bonds. The van der Waals surface area contributed by atoms with Crippen molar-refractivity contribution < 1.29 is 14.3 Å². The van der Waals surface area contributed by atoms with Gasteiger partial charge in [0.1, 0.15) is 6.61 Å². The average molecular weight is 322 g/mol. The van der Waals surface area contributed by atoms with Crippen LogP contribution in [0.5, 0.6) is 0 Å². The van der Waals surface area contributed by atoms with Crippen molar-refractivity contribution in [2.45, 2.75) is 25.3 Å². The lowest BCUT2D eigenvalue weighted by molar-refractivity contribution is -0.147. The van der Waals surface area contributed by atoms with E-state index in [0.717, 1.165) is 25.8 Å². The van der Waals surface area contributed by atoms with Crippen molar-refractivity contribution in [2.24, 2.45) is 5.92 Å². The summed E-state index contributed by atoms with van der Waals surface area (Å²) in [6.45, 7) is 2.32. The van der Waals surface area contributed by atoms with Gasteiger partial charge in [-0.1, -0.05) is 6.07 Å². The molecule has 0 unspecified atom stereocenters. The van der Waals surface area contributed by atoms with Crippen LogP contribution in [-0.4, -0.2) is 55.0 Å². The van der Waals surface area contributed by atoms with Gasteiger partial charge in [0.15, 0.2) is 0 Å². The largest absolute Gasteiger partial charge is 0.375 e. The Hall–Kier alpha value is -1.40. The number of hydrogen-bond donors (Lipinski definition) is 0. The number of hydrogen-bond acceptors (Lipinski definition) is 4. The molecule has 1 atom stereocenters. The molecule has 0 N–H and O–H groups in total. The summed E-state index contributed by atoms with van der Waals surface area (Å²) in [7, 11) is 1.53. The number of rotatable bonds is 4. The number of methoxy groups -OCH3 is 1. The van der Waals surface area contributed by atoms with Gasteiger partial charge >= 0.3 is 0 Å². The summed E-state index contributed by atoms with van der Waals surface area (Å²) in [6.07, 6.45) is 2.60. The summed E-state index contributed by atoms with van der Waals surface area (Å²) in [5, 5.41) is 2.07. The fraction of sp³-hybridized carbons (Fsp3) is 0.625. The molecule has 22 heavy (non-hydrogen) atoms. The van der Waals surface area contributed by atoms with Gasteiger partial charge in [0, 0.05) is 37.5 Å². The Bertz CT molecular complexity index is 524. The van der Waals surface area contributed by atoms with E-state index >= 15 is 0 Å². The van der Waals surface area contributed by atoms with Crippen molar-refractivity contribution >= 4 is 23.2 Å². The van der Waals surface area contributed by atoms with Crippen LogP contribution in [0.4, 0.5) is 0 Å². The van der Waals surface area contributed by atoms with Crippen LogP contribution in [0.15, 0.2) is 17.5 Å². The van der Waals surface area contributed by atoms with E-state index in [4.69, 9.17) is 4.74 Å². The second kappa shape index (κ2) is 6.79. The zero-order chi connectivity index (χ0) is 15.5. The molecule has 0 radical (unpaired) electrons. The summed E-state index contributed by atoms with van der Waals surface area (Å²) >= 11 is 1.72. The predicted octanol–water partition coefficient (Wildman–Crippen LogP) is 1.91. The van der Waals surface area contributed by atoms with Gasteiger partial charge in [-0.2, -0.15) is 0 Å². The molecule has 1 aromatic heterocycles. The molecule has 0 aliphatic carbocycles. The van der Waals surface area contributed by atoms with Gasteiger partial charge in [0.2, 0.25) is 11.8 Å². The molecule has 3 rings (SSSR count). The average Bonchev–Trinajstić information content (AvgIpc) is 3.00. The van der Waals surface area contributed by atoms with E-state index in [1.807, 2.05) is 11.0 Å². The van der Waals surface area contributed by atoms with E-state index < -0.39 is 0 Å². The first-order chi connectivity index (χ1) is 10.7. The Morgan fingerprint density at radius 3 is 2.59 bits per heavy atom. The van der Waals surface area contributed by atoms with Crippen molar-refractivity contribution in [3.05, 3.63) is 22.4 Å². The minimum atomic E-state index is 0.0220. The van der Waals surface area contributed by atoms with E-state index in [1.54, 1.807) is 16.2 Å². The van der Waals surface area contributed by atoms with Crippen LogP contribution in [0.1, 0.15) is 30.2 Å². The van der Waals surface area contributed by atoms with Crippen LogP contribution in [0.25, 0.3) is 0 Å². The molecule has 2 fully saturated rings. The fourth-order valence-corrected chi connectivity index (χ4v) is 4.13. The normalized spacial score (nSPS) is 22.5. The van der Waals surface area contributed by atoms with E-state index in [9.17, 15) is 9.59 Å². The fourth-order valence-electron chi connectivity index (χ4n) is 3.25. The van der Waals surface area contributed by atoms with E-state index in [2.05, 4.69) is 11.4 Å². The predicted molar refractivity (Wildman–Crippen MR) is 84.6 cm³/mol. The Morgan fingerprint density at radius 2 is 2.05 bits per heavy atom. The number of likely N-dealkylation sites (tertiary alicyclic amines) is 2. The van der Waals surface area contributed by atoms with E-state index in [-0.39, 0.29) is 30.4 Å². The van der Waals surface area contributed by atoms with E-state index in [1.165, 1.54) is 12.0 Å². The number of thiophene rings is 1. The third-order valence-electron chi connectivity index (χ3n) is 4.64. The highest BCUT2D eigenvalue weighted by molar-refractivity contribution is 7.10. The Balaban J connectivity index is 1.53. The zero-order valence-corrected chi connectivity index (χ0v) is 13.7. The molecular formula is C16H22N2O3S. The molecule has 0 spiro atoms. The standard InChI is InChI=1S/C16H22N2O3S/c1-21-11-15(19)17-7-4-12(5-8-17)16(20)18-9-6-13(18)14-3-2-10-22-14/h2-3,10,12-13H,4-9,11H2,1H3/t13-/m1/s1. The van der Waals surface area contributed by atoms with Crippen LogP contribution in [0.2, 0.25) is 0 Å². The van der Waals surface area contributed by atoms with Gasteiger partial charge in [-0.25, -0.2) is 0 Å². The molecule has 2 aliphatic rings. The second-order valence-corrected chi connectivity index (χ2v) is 6.92. The third-order valence-corrected chi connectivity index (χ3v) is 5.61. The number of ether oxygens (including phenoxy) is 1. The quantitative estimate of drug-likeness (QED) is 0.851. The van der Waals surface area contributed by atoms with Crippen molar-refractivity contribution in [3.63, 3.8) is 0 Å². The lowest BCUT2D eigenvalue weighted by Crippen LogP contribution is -2.50. The number of amides is 2. The Kier molecular flexibility index (Phi) is 4.78. The molecule has 2 saturated heterocycles. The highest BCUT2D eigenvalue weighted by Crippen LogP contribution is 2.37. The summed E-state index contributed by atoms with van der Waals surface area (Å²) < 4.78 is 4.89. The van der Waals surface area contributed by atoms with E-state index in [0.29, 0.717) is 13.1 Å². The smallest absolute Gasteiger partial charge is 0.248 e. The molecular weight excluding hydrogens is 300 g/mol. The summed E-state index contributed by atoms with van der Waals surface area (Å²) in [5.74, 6) is 0.353. The molecule has 2 aliphatic heterocycles. The minimum Gasteiger partial charge on any atom is -0.375 e. The lowest BCUT2D eigenvalue weighted by Gasteiger charge is -2.43. The Labute approximate surface area is 134 Å². The van der Waals surface area contributed by atoms with Gasteiger partial charge in [0.25, 0.3) is 0 Å². The first kappa shape index (κ1) is 15.5. The van der Waals surface area contributed by atoms with Crippen LogP contribution < -0.4 is 0 Å². The lowest BCUT2D eigenvalue weighted by atomic mass is 9.91. The molecule has 5 nitrogen and oxygen atoms in total. The summed E-state index contributed by atoms with van der Waals surface area (Å²) in [6, 6.07) is 4.43. The number of carbonyl (C=O) groups excluding carboxylic acids is 2. The Morgan fingerprint density at radius 1 is 1.27 bits per heavy atom. The van der Waals surface area contributed by atoms with Crippen LogP contribution in [0, 0.1) is 5.92 Å². The van der Waals surface area contributed by atoms with Gasteiger partial charge in [-0.05, 0) is 30.7 Å². The van der Waals surface area contributed by atoms with Crippen LogP contribution in [0.3, 0.4) is 0 Å². The first-order valence-corrected chi connectivity index (χ1v) is 8.69. The molecule has 0 saturated carbocycles. The molecule has 3 heterocycles. The van der Waals surface area contributed by atoms with Crippen molar-refractivity contribution in [3.8, 4) is 0 Å². The zero-order valence-electron chi connectivity index (χ0n) is 12.9. The minimum absolute atomic E-state index is 0.0220. The number of carbonyl (C=O) groups is 2. The second-order valence-electron chi connectivity index (χ2n) is 5.94. The number of nitrogens with zero attached hydrogens (tertiary/aromatic N) is 2. The monoisotopic (exact) mass is 322 g/mol. The number of piperidine rings is 1. The van der Waals surface area contributed by atoms with Crippen molar-refractivity contribution in [1.82, 2.24) is 9.80 Å². The molecule has 1 aromatic rings. The van der Waals surface area contributed by atoms with Gasteiger partial charge < -0.3 is 14.5 Å². The molecule has 6 heteroatoms. The highest BCUT2D eigenvalue weighted by Gasteiger charge is 2.38. The van der Waals surface area contributed by atoms with Gasteiger partial charge in [0.05, 0.1) is 6.04 Å². The first-order valence-electron chi connectivity index (χ1n) is 7.81. The van der Waals surface area contributed by atoms with Gasteiger partial charge in [-0.15, -0.1) is 11.3 Å².